The van der Waals surface area contributed by atoms with Gasteiger partial charge < -0.3 is 15.7 Å². The minimum Gasteiger partial charge on any atom is -0.477 e. The van der Waals surface area contributed by atoms with Crippen LogP contribution in [0.3, 0.4) is 0 Å². The van der Waals surface area contributed by atoms with Crippen LogP contribution < -0.4 is 10.6 Å². The van der Waals surface area contributed by atoms with Gasteiger partial charge in [-0.25, -0.2) is 14.6 Å². The lowest BCUT2D eigenvalue weighted by Crippen LogP contribution is -2.37. The van der Waals surface area contributed by atoms with Crippen LogP contribution in [-0.4, -0.2) is 28.6 Å². The van der Waals surface area contributed by atoms with Crippen LogP contribution in [0.1, 0.15) is 42.7 Å². The Balaban J connectivity index is 2.35. The van der Waals surface area contributed by atoms with Crippen molar-refractivity contribution in [3.8, 4) is 0 Å². The molecule has 0 saturated heterocycles. The first kappa shape index (κ1) is 15.9. The third-order valence-electron chi connectivity index (χ3n) is 3.20. The smallest absolute Gasteiger partial charge is 0.354 e. The molecule has 0 bridgehead atoms. The van der Waals surface area contributed by atoms with Crippen LogP contribution in [0.25, 0.3) is 0 Å². The van der Waals surface area contributed by atoms with Crippen molar-refractivity contribution >= 4 is 12.0 Å². The normalized spacial score (nSPS) is 10.3. The van der Waals surface area contributed by atoms with Crippen molar-refractivity contribution in [2.24, 2.45) is 5.92 Å². The fourth-order valence-electron chi connectivity index (χ4n) is 1.71. The van der Waals surface area contributed by atoms with E-state index in [2.05, 4.69) is 29.5 Å². The fourth-order valence-corrected chi connectivity index (χ4v) is 1.71. The lowest BCUT2D eigenvalue weighted by atomic mass is 10.0. The molecule has 20 heavy (non-hydrogen) atoms. The van der Waals surface area contributed by atoms with Crippen molar-refractivity contribution < 1.29 is 14.7 Å². The Morgan fingerprint density at radius 2 is 1.95 bits per heavy atom. The van der Waals surface area contributed by atoms with Gasteiger partial charge in [0.2, 0.25) is 0 Å². The molecule has 0 aliphatic rings. The molecule has 0 aromatic carbocycles. The summed E-state index contributed by atoms with van der Waals surface area (Å²) >= 11 is 0. The summed E-state index contributed by atoms with van der Waals surface area (Å²) in [6, 6.07) is 2.83. The first-order chi connectivity index (χ1) is 9.56. The molecule has 3 N–H and O–H groups in total. The number of carboxylic acids is 1. The largest absolute Gasteiger partial charge is 0.477 e. The van der Waals surface area contributed by atoms with Gasteiger partial charge in [0, 0.05) is 19.3 Å². The SMILES string of the molecule is CCC(CC)CNC(=O)NCc1ccc(C(=O)O)nc1. The molecule has 1 aromatic heterocycles. The molecule has 0 aliphatic carbocycles. The van der Waals surface area contributed by atoms with E-state index in [9.17, 15) is 9.59 Å². The van der Waals surface area contributed by atoms with Gasteiger partial charge in [-0.1, -0.05) is 32.8 Å². The number of rotatable bonds is 7. The maximum atomic E-state index is 11.6. The summed E-state index contributed by atoms with van der Waals surface area (Å²) in [5, 5.41) is 14.3. The zero-order valence-electron chi connectivity index (χ0n) is 11.8. The van der Waals surface area contributed by atoms with E-state index in [1.165, 1.54) is 12.3 Å². The van der Waals surface area contributed by atoms with Crippen LogP contribution in [0, 0.1) is 5.92 Å². The Bertz CT molecular complexity index is 441. The van der Waals surface area contributed by atoms with E-state index in [1.54, 1.807) is 6.07 Å². The summed E-state index contributed by atoms with van der Waals surface area (Å²) in [6.07, 6.45) is 3.53. The van der Waals surface area contributed by atoms with E-state index in [0.29, 0.717) is 19.0 Å². The molecule has 0 atom stereocenters. The summed E-state index contributed by atoms with van der Waals surface area (Å²) in [6.45, 7) is 5.18. The number of nitrogens with zero attached hydrogens (tertiary/aromatic N) is 1. The summed E-state index contributed by atoms with van der Waals surface area (Å²) in [5.41, 5.74) is 0.750. The molecule has 0 spiro atoms. The maximum Gasteiger partial charge on any atom is 0.354 e. The molecule has 0 radical (unpaired) electrons. The molecule has 110 valence electrons. The van der Waals surface area contributed by atoms with Crippen molar-refractivity contribution in [2.75, 3.05) is 6.54 Å². The predicted molar refractivity (Wildman–Crippen MR) is 75.5 cm³/mol. The number of aromatic carboxylic acids is 1. The number of carboxylic acid groups (broad SMARTS) is 1. The molecule has 2 amide bonds. The van der Waals surface area contributed by atoms with Crippen LogP contribution in [0.4, 0.5) is 4.79 Å². The summed E-state index contributed by atoms with van der Waals surface area (Å²) < 4.78 is 0. The number of aromatic nitrogens is 1. The number of nitrogens with one attached hydrogen (secondary N) is 2. The minimum atomic E-state index is -1.06. The van der Waals surface area contributed by atoms with Crippen molar-refractivity contribution in [1.82, 2.24) is 15.6 Å². The van der Waals surface area contributed by atoms with Crippen LogP contribution in [-0.2, 0) is 6.54 Å². The zero-order valence-corrected chi connectivity index (χ0v) is 11.8. The zero-order chi connectivity index (χ0) is 15.0. The van der Waals surface area contributed by atoms with Crippen molar-refractivity contribution in [3.05, 3.63) is 29.6 Å². The monoisotopic (exact) mass is 279 g/mol. The average molecular weight is 279 g/mol. The number of hydrogen-bond donors (Lipinski definition) is 3. The van der Waals surface area contributed by atoms with E-state index in [1.807, 2.05) is 0 Å². The van der Waals surface area contributed by atoms with E-state index < -0.39 is 5.97 Å². The highest BCUT2D eigenvalue weighted by Gasteiger charge is 2.07. The molecule has 1 aromatic rings. The standard InChI is InChI=1S/C14H21N3O3/c1-3-10(4-2)7-16-14(20)17-9-11-5-6-12(13(18)19)15-8-11/h5-6,8,10H,3-4,7,9H2,1-2H3,(H,18,19)(H2,16,17,20). The summed E-state index contributed by atoms with van der Waals surface area (Å²) in [7, 11) is 0. The van der Waals surface area contributed by atoms with E-state index in [-0.39, 0.29) is 11.7 Å². The van der Waals surface area contributed by atoms with Gasteiger partial charge in [-0.2, -0.15) is 0 Å². The average Bonchev–Trinajstić information content (AvgIpc) is 2.46. The maximum absolute atomic E-state index is 11.6. The summed E-state index contributed by atoms with van der Waals surface area (Å²) in [5.74, 6) is -0.565. The molecule has 6 nitrogen and oxygen atoms in total. The molecule has 0 unspecified atom stereocenters. The first-order valence-electron chi connectivity index (χ1n) is 6.76. The summed E-state index contributed by atoms with van der Waals surface area (Å²) in [4.78, 5) is 26.0. The minimum absolute atomic E-state index is 0.00747. The number of urea groups is 1. The Labute approximate surface area is 118 Å². The highest BCUT2D eigenvalue weighted by Crippen LogP contribution is 2.05. The topological polar surface area (TPSA) is 91.3 Å². The second-order valence-electron chi connectivity index (χ2n) is 4.60. The lowest BCUT2D eigenvalue weighted by molar-refractivity contribution is 0.0690. The highest BCUT2D eigenvalue weighted by atomic mass is 16.4. The second kappa shape index (κ2) is 8.14. The van der Waals surface area contributed by atoms with E-state index in [4.69, 9.17) is 5.11 Å². The number of carbonyl (C=O) groups excluding carboxylic acids is 1. The first-order valence-corrected chi connectivity index (χ1v) is 6.76. The fraction of sp³-hybridized carbons (Fsp3) is 0.500. The van der Waals surface area contributed by atoms with Crippen LogP contribution in [0.2, 0.25) is 0 Å². The molecule has 0 aliphatic heterocycles. The number of hydrogen-bond acceptors (Lipinski definition) is 3. The molecular weight excluding hydrogens is 258 g/mol. The van der Waals surface area contributed by atoms with Gasteiger partial charge >= 0.3 is 12.0 Å². The highest BCUT2D eigenvalue weighted by molar-refractivity contribution is 5.85. The lowest BCUT2D eigenvalue weighted by Gasteiger charge is -2.13. The Morgan fingerprint density at radius 3 is 2.45 bits per heavy atom. The molecule has 1 rings (SSSR count). The van der Waals surface area contributed by atoms with Crippen molar-refractivity contribution in [1.29, 1.82) is 0 Å². The van der Waals surface area contributed by atoms with Crippen LogP contribution in [0.15, 0.2) is 18.3 Å². The molecule has 1 heterocycles. The molecule has 0 fully saturated rings. The van der Waals surface area contributed by atoms with Crippen molar-refractivity contribution in [3.63, 3.8) is 0 Å². The third kappa shape index (κ3) is 5.26. The molecular formula is C14H21N3O3. The third-order valence-corrected chi connectivity index (χ3v) is 3.20. The Kier molecular flexibility index (Phi) is 6.49. The molecule has 6 heteroatoms. The molecule has 0 saturated carbocycles. The van der Waals surface area contributed by atoms with E-state index >= 15 is 0 Å². The van der Waals surface area contributed by atoms with Gasteiger partial charge in [0.05, 0.1) is 0 Å². The number of pyridine rings is 1. The van der Waals surface area contributed by atoms with Gasteiger partial charge in [-0.05, 0) is 17.5 Å². The van der Waals surface area contributed by atoms with E-state index in [0.717, 1.165) is 18.4 Å². The van der Waals surface area contributed by atoms with Gasteiger partial charge in [-0.15, -0.1) is 0 Å². The van der Waals surface area contributed by atoms with Crippen LogP contribution >= 0.6 is 0 Å². The van der Waals surface area contributed by atoms with Crippen molar-refractivity contribution in [2.45, 2.75) is 33.2 Å². The van der Waals surface area contributed by atoms with Gasteiger partial charge in [0.25, 0.3) is 0 Å². The predicted octanol–water partition coefficient (Wildman–Crippen LogP) is 2.02. The number of carbonyl (C=O) groups is 2. The van der Waals surface area contributed by atoms with Gasteiger partial charge in [0.15, 0.2) is 0 Å². The van der Waals surface area contributed by atoms with Gasteiger partial charge in [-0.3, -0.25) is 0 Å². The Hall–Kier alpha value is -2.11. The number of amides is 2. The second-order valence-corrected chi connectivity index (χ2v) is 4.60. The quantitative estimate of drug-likeness (QED) is 0.712. The van der Waals surface area contributed by atoms with Crippen LogP contribution in [0.5, 0.6) is 0 Å². The Morgan fingerprint density at radius 1 is 1.25 bits per heavy atom. The van der Waals surface area contributed by atoms with Gasteiger partial charge in [0.1, 0.15) is 5.69 Å².